The topological polar surface area (TPSA) is 72.7 Å². The second-order valence-corrected chi connectivity index (χ2v) is 13.3. The van der Waals surface area contributed by atoms with Crippen molar-refractivity contribution < 1.29 is 15.3 Å². The SMILES string of the molecule is C[C@H]1CC[C@@H]([C@](C)(O)[C@H]2[C@H](O)C[C@H]3[C@@H]4CC[C@H]5C[C@@H](O)CC[C@]5(C)[C@H]4CC[C@]23C)NC1. The largest absolute Gasteiger partial charge is 0.393 e. The van der Waals surface area contributed by atoms with Gasteiger partial charge < -0.3 is 20.6 Å². The Morgan fingerprint density at radius 1 is 0.871 bits per heavy atom. The molecule has 0 bridgehead atoms. The maximum absolute atomic E-state index is 11.9. The molecule has 0 unspecified atom stereocenters. The lowest BCUT2D eigenvalue weighted by atomic mass is 9.44. The Morgan fingerprint density at radius 3 is 2.32 bits per heavy atom. The molecule has 4 nitrogen and oxygen atoms in total. The fourth-order valence-corrected chi connectivity index (χ4v) is 10.0. The van der Waals surface area contributed by atoms with Crippen LogP contribution in [0, 0.1) is 46.3 Å². The van der Waals surface area contributed by atoms with Crippen LogP contribution in [0.5, 0.6) is 0 Å². The predicted molar refractivity (Wildman–Crippen MR) is 123 cm³/mol. The van der Waals surface area contributed by atoms with Gasteiger partial charge >= 0.3 is 0 Å². The second-order valence-electron chi connectivity index (χ2n) is 13.3. The second kappa shape index (κ2) is 7.68. The van der Waals surface area contributed by atoms with Gasteiger partial charge in [-0.2, -0.15) is 0 Å². The van der Waals surface area contributed by atoms with Crippen LogP contribution in [0.1, 0.15) is 91.9 Å². The Labute approximate surface area is 189 Å². The summed E-state index contributed by atoms with van der Waals surface area (Å²) in [6.07, 6.45) is 10.5. The van der Waals surface area contributed by atoms with E-state index < -0.39 is 11.7 Å². The molecular weight excluding hydrogens is 386 g/mol. The highest BCUT2D eigenvalue weighted by Crippen LogP contribution is 2.68. The predicted octanol–water partition coefficient (Wildman–Crippen LogP) is 4.12. The third-order valence-electron chi connectivity index (χ3n) is 11.7. The molecule has 0 spiro atoms. The van der Waals surface area contributed by atoms with Crippen molar-refractivity contribution in [2.24, 2.45) is 46.3 Å². The zero-order chi connectivity index (χ0) is 22.2. The van der Waals surface area contributed by atoms with Crippen molar-refractivity contribution in [3.8, 4) is 0 Å². The van der Waals surface area contributed by atoms with Gasteiger partial charge in [0.1, 0.15) is 0 Å². The molecule has 5 fully saturated rings. The zero-order valence-electron chi connectivity index (χ0n) is 20.3. The molecule has 178 valence electrons. The molecule has 5 rings (SSSR count). The van der Waals surface area contributed by atoms with Crippen LogP contribution < -0.4 is 5.32 Å². The van der Waals surface area contributed by atoms with Gasteiger partial charge in [-0.1, -0.05) is 20.8 Å². The summed E-state index contributed by atoms with van der Waals surface area (Å²) >= 11 is 0. The highest BCUT2D eigenvalue weighted by atomic mass is 16.3. The van der Waals surface area contributed by atoms with E-state index in [0.717, 1.165) is 57.4 Å². The third-order valence-corrected chi connectivity index (χ3v) is 11.7. The van der Waals surface area contributed by atoms with Gasteiger partial charge in [-0.25, -0.2) is 0 Å². The van der Waals surface area contributed by atoms with Gasteiger partial charge in [0.15, 0.2) is 0 Å². The first kappa shape index (κ1) is 22.6. The van der Waals surface area contributed by atoms with Crippen LogP contribution in [0.15, 0.2) is 0 Å². The van der Waals surface area contributed by atoms with Gasteiger partial charge in [-0.15, -0.1) is 0 Å². The van der Waals surface area contributed by atoms with E-state index in [9.17, 15) is 15.3 Å². The fraction of sp³-hybridized carbons (Fsp3) is 1.00. The average molecular weight is 434 g/mol. The minimum atomic E-state index is -0.869. The Bertz CT molecular complexity index is 673. The minimum Gasteiger partial charge on any atom is -0.393 e. The molecule has 4 aliphatic carbocycles. The average Bonchev–Trinajstić information content (AvgIpc) is 2.99. The molecule has 0 aromatic rings. The lowest BCUT2D eigenvalue weighted by Crippen LogP contribution is -2.62. The quantitative estimate of drug-likeness (QED) is 0.529. The van der Waals surface area contributed by atoms with Crippen LogP contribution in [0.4, 0.5) is 0 Å². The molecule has 31 heavy (non-hydrogen) atoms. The van der Waals surface area contributed by atoms with Crippen LogP contribution >= 0.6 is 0 Å². The number of aliphatic hydroxyl groups excluding tert-OH is 2. The lowest BCUT2D eigenvalue weighted by molar-refractivity contribution is -0.158. The van der Waals surface area contributed by atoms with E-state index in [2.05, 4.69) is 26.1 Å². The zero-order valence-corrected chi connectivity index (χ0v) is 20.3. The van der Waals surface area contributed by atoms with Crippen LogP contribution in [-0.2, 0) is 0 Å². The van der Waals surface area contributed by atoms with Crippen molar-refractivity contribution in [1.82, 2.24) is 5.32 Å². The summed E-state index contributed by atoms with van der Waals surface area (Å²) in [7, 11) is 0. The lowest BCUT2D eigenvalue weighted by Gasteiger charge is -2.61. The molecule has 0 aromatic carbocycles. The fourth-order valence-electron chi connectivity index (χ4n) is 10.0. The van der Waals surface area contributed by atoms with E-state index in [-0.39, 0.29) is 23.5 Å². The molecule has 12 atom stereocenters. The molecule has 0 amide bonds. The van der Waals surface area contributed by atoms with E-state index in [1.165, 1.54) is 19.3 Å². The van der Waals surface area contributed by atoms with Gasteiger partial charge in [-0.3, -0.25) is 0 Å². The summed E-state index contributed by atoms with van der Waals surface area (Å²) in [5.74, 6) is 3.21. The maximum atomic E-state index is 11.9. The summed E-state index contributed by atoms with van der Waals surface area (Å²) in [4.78, 5) is 0. The maximum Gasteiger partial charge on any atom is 0.0829 e. The summed E-state index contributed by atoms with van der Waals surface area (Å²) in [6.45, 7) is 10.2. The number of fused-ring (bicyclic) bond motifs is 5. The number of hydrogen-bond donors (Lipinski definition) is 4. The van der Waals surface area contributed by atoms with E-state index in [4.69, 9.17) is 0 Å². The van der Waals surface area contributed by atoms with Crippen LogP contribution in [0.25, 0.3) is 0 Å². The molecule has 1 heterocycles. The molecule has 4 saturated carbocycles. The van der Waals surface area contributed by atoms with Crippen molar-refractivity contribution in [3.63, 3.8) is 0 Å². The summed E-state index contributed by atoms with van der Waals surface area (Å²) in [5, 5.41) is 37.2. The normalized spacial score (nSPS) is 56.8. The third kappa shape index (κ3) is 3.37. The molecule has 0 aromatic heterocycles. The van der Waals surface area contributed by atoms with Crippen molar-refractivity contribution in [2.75, 3.05) is 6.54 Å². The van der Waals surface area contributed by atoms with Gasteiger partial charge in [-0.05, 0) is 118 Å². The molecule has 1 saturated heterocycles. The van der Waals surface area contributed by atoms with Crippen molar-refractivity contribution in [2.45, 2.75) is 116 Å². The first-order chi connectivity index (χ1) is 14.6. The first-order valence-corrected chi connectivity index (χ1v) is 13.4. The van der Waals surface area contributed by atoms with Crippen molar-refractivity contribution in [3.05, 3.63) is 0 Å². The van der Waals surface area contributed by atoms with Crippen LogP contribution in [-0.4, -0.2) is 45.7 Å². The Hall–Kier alpha value is -0.160. The van der Waals surface area contributed by atoms with Gasteiger partial charge in [0.25, 0.3) is 0 Å². The smallest absolute Gasteiger partial charge is 0.0829 e. The first-order valence-electron chi connectivity index (χ1n) is 13.4. The van der Waals surface area contributed by atoms with E-state index >= 15 is 0 Å². The van der Waals surface area contributed by atoms with Gasteiger partial charge in [0, 0.05) is 12.0 Å². The van der Waals surface area contributed by atoms with Gasteiger partial charge in [0.2, 0.25) is 0 Å². The minimum absolute atomic E-state index is 0.0200. The van der Waals surface area contributed by atoms with Gasteiger partial charge in [0.05, 0.1) is 17.8 Å². The summed E-state index contributed by atoms with van der Waals surface area (Å²) in [6, 6.07) is 0.0877. The molecule has 5 aliphatic rings. The van der Waals surface area contributed by atoms with Crippen molar-refractivity contribution in [1.29, 1.82) is 0 Å². The Kier molecular flexibility index (Phi) is 5.61. The number of rotatable bonds is 2. The summed E-state index contributed by atoms with van der Waals surface area (Å²) in [5.41, 5.74) is -0.492. The molecule has 4 heteroatoms. The number of nitrogens with one attached hydrogen (secondary N) is 1. The molecule has 0 radical (unpaired) electrons. The number of aliphatic hydroxyl groups is 3. The Morgan fingerprint density at radius 2 is 1.61 bits per heavy atom. The molecular formula is C27H47NO3. The van der Waals surface area contributed by atoms with Crippen LogP contribution in [0.2, 0.25) is 0 Å². The van der Waals surface area contributed by atoms with E-state index in [1.807, 2.05) is 6.92 Å². The monoisotopic (exact) mass is 433 g/mol. The molecule has 1 aliphatic heterocycles. The van der Waals surface area contributed by atoms with Crippen LogP contribution in [0.3, 0.4) is 0 Å². The van der Waals surface area contributed by atoms with E-state index in [1.54, 1.807) is 0 Å². The standard InChI is InChI=1S/C27H47NO3/c1-16-5-8-23(28-15-16)27(4,31)24-22(30)14-21-19-7-6-17-13-18(29)9-11-25(17,2)20(19)10-12-26(21,24)3/h16-24,28-31H,5-15H2,1-4H3/t16-,17-,18-,19+,20-,21-,22+,23-,24-,25-,26-,27-/m0/s1. The van der Waals surface area contributed by atoms with E-state index in [0.29, 0.717) is 29.1 Å². The van der Waals surface area contributed by atoms with Crippen molar-refractivity contribution >= 4 is 0 Å². The number of hydrogen-bond acceptors (Lipinski definition) is 4. The summed E-state index contributed by atoms with van der Waals surface area (Å²) < 4.78 is 0. The Balaban J connectivity index is 1.40. The highest BCUT2D eigenvalue weighted by Gasteiger charge is 2.65. The molecule has 4 N–H and O–H groups in total. The number of piperidine rings is 1. The highest BCUT2D eigenvalue weighted by molar-refractivity contribution is 5.15.